The summed E-state index contributed by atoms with van der Waals surface area (Å²) in [5, 5.41) is 21.3. The normalized spacial score (nSPS) is 10.3. The van der Waals surface area contributed by atoms with Gasteiger partial charge >= 0.3 is 0 Å². The van der Waals surface area contributed by atoms with Crippen molar-refractivity contribution < 1.29 is 14.5 Å². The molecule has 1 heterocycles. The largest absolute Gasteiger partial charge is 0.484 e. The van der Waals surface area contributed by atoms with Crippen LogP contribution in [0.15, 0.2) is 63.3 Å². The minimum absolute atomic E-state index is 0.0956. The third-order valence-electron chi connectivity index (χ3n) is 3.10. The summed E-state index contributed by atoms with van der Waals surface area (Å²) in [7, 11) is 0. The zero-order valence-electron chi connectivity index (χ0n) is 13.2. The number of carbonyl (C=O) groups is 1. The van der Waals surface area contributed by atoms with Crippen LogP contribution in [0.4, 0.5) is 11.4 Å². The summed E-state index contributed by atoms with van der Waals surface area (Å²) in [5.41, 5.74) is 2.17. The van der Waals surface area contributed by atoms with Crippen LogP contribution >= 0.6 is 23.1 Å². The van der Waals surface area contributed by atoms with Gasteiger partial charge in [0, 0.05) is 11.0 Å². The molecule has 0 aliphatic carbocycles. The standard InChI is InChI=1S/C16H12N4O4S2/c21-15(9-24-12-5-3-4-11(8-12)20(22)23)18-13-6-1-2-7-14(13)26-16-19-17-10-25-16/h1-8,10H,9H2,(H,18,21). The lowest BCUT2D eigenvalue weighted by Gasteiger charge is -2.10. The number of non-ortho nitro benzene ring substituents is 1. The number of rotatable bonds is 7. The first-order valence-corrected chi connectivity index (χ1v) is 9.01. The van der Waals surface area contributed by atoms with Gasteiger partial charge in [-0.1, -0.05) is 41.3 Å². The first kappa shape index (κ1) is 17.8. The Kier molecular flexibility index (Phi) is 5.77. The molecule has 1 aromatic heterocycles. The maximum absolute atomic E-state index is 12.2. The monoisotopic (exact) mass is 388 g/mol. The highest BCUT2D eigenvalue weighted by atomic mass is 32.2. The molecule has 0 radical (unpaired) electrons. The Balaban J connectivity index is 1.62. The fraction of sp³-hybridized carbons (Fsp3) is 0.0625. The second kappa shape index (κ2) is 8.41. The number of hydrogen-bond acceptors (Lipinski definition) is 8. The highest BCUT2D eigenvalue weighted by Crippen LogP contribution is 2.33. The van der Waals surface area contributed by atoms with Crippen LogP contribution in [0, 0.1) is 10.1 Å². The van der Waals surface area contributed by atoms with E-state index in [9.17, 15) is 14.9 Å². The molecule has 0 aliphatic rings. The molecule has 0 unspecified atom stereocenters. The lowest BCUT2D eigenvalue weighted by atomic mass is 10.3. The minimum atomic E-state index is -0.520. The van der Waals surface area contributed by atoms with Crippen molar-refractivity contribution in [2.24, 2.45) is 0 Å². The summed E-state index contributed by atoms with van der Waals surface area (Å²) in [4.78, 5) is 23.2. The maximum atomic E-state index is 12.2. The molecule has 10 heteroatoms. The first-order valence-electron chi connectivity index (χ1n) is 7.32. The Morgan fingerprint density at radius 2 is 2.12 bits per heavy atom. The highest BCUT2D eigenvalue weighted by Gasteiger charge is 2.11. The quantitative estimate of drug-likeness (QED) is 0.486. The number of benzene rings is 2. The van der Waals surface area contributed by atoms with Crippen LogP contribution in [0.2, 0.25) is 0 Å². The molecule has 8 nitrogen and oxygen atoms in total. The predicted molar refractivity (Wildman–Crippen MR) is 97.7 cm³/mol. The minimum Gasteiger partial charge on any atom is -0.484 e. The Labute approximate surface area is 156 Å². The van der Waals surface area contributed by atoms with Gasteiger partial charge in [0.1, 0.15) is 11.3 Å². The predicted octanol–water partition coefficient (Wildman–Crippen LogP) is 3.62. The van der Waals surface area contributed by atoms with E-state index in [4.69, 9.17) is 4.74 Å². The number of carbonyl (C=O) groups excluding carboxylic acids is 1. The molecule has 2 aromatic carbocycles. The van der Waals surface area contributed by atoms with Crippen molar-refractivity contribution in [2.75, 3.05) is 11.9 Å². The molecule has 3 aromatic rings. The van der Waals surface area contributed by atoms with Crippen molar-refractivity contribution in [1.29, 1.82) is 0 Å². The van der Waals surface area contributed by atoms with E-state index >= 15 is 0 Å². The van der Waals surface area contributed by atoms with E-state index in [1.165, 1.54) is 41.3 Å². The lowest BCUT2D eigenvalue weighted by molar-refractivity contribution is -0.384. The molecule has 0 atom stereocenters. The smallest absolute Gasteiger partial charge is 0.273 e. The number of nitro groups is 1. The van der Waals surface area contributed by atoms with Gasteiger partial charge in [-0.2, -0.15) is 0 Å². The summed E-state index contributed by atoms with van der Waals surface area (Å²) in [6.07, 6.45) is 0. The van der Waals surface area contributed by atoms with Crippen molar-refractivity contribution in [3.05, 3.63) is 64.2 Å². The molecule has 3 rings (SSSR count). The van der Waals surface area contributed by atoms with E-state index in [1.807, 2.05) is 12.1 Å². The van der Waals surface area contributed by atoms with E-state index < -0.39 is 4.92 Å². The molecule has 0 fully saturated rings. The molecular weight excluding hydrogens is 376 g/mol. The Morgan fingerprint density at radius 1 is 1.27 bits per heavy atom. The van der Waals surface area contributed by atoms with E-state index in [0.29, 0.717) is 5.69 Å². The number of amides is 1. The molecule has 0 saturated carbocycles. The number of aromatic nitrogens is 2. The summed E-state index contributed by atoms with van der Waals surface area (Å²) in [6.45, 7) is -0.265. The number of anilines is 1. The van der Waals surface area contributed by atoms with E-state index in [2.05, 4.69) is 15.5 Å². The molecule has 0 spiro atoms. The van der Waals surface area contributed by atoms with Gasteiger partial charge in [-0.3, -0.25) is 14.9 Å². The van der Waals surface area contributed by atoms with Crippen LogP contribution in [0.3, 0.4) is 0 Å². The van der Waals surface area contributed by atoms with Crippen molar-refractivity contribution in [2.45, 2.75) is 9.24 Å². The van der Waals surface area contributed by atoms with Gasteiger partial charge in [0.25, 0.3) is 11.6 Å². The first-order chi connectivity index (χ1) is 12.6. The number of nitro benzene ring substituents is 1. The van der Waals surface area contributed by atoms with Crippen molar-refractivity contribution in [3.8, 4) is 5.75 Å². The Hall–Kier alpha value is -2.98. The molecule has 0 aliphatic heterocycles. The molecule has 1 amide bonds. The summed E-state index contributed by atoms with van der Waals surface area (Å²) in [5.74, 6) is -0.118. The third kappa shape index (κ3) is 4.77. The maximum Gasteiger partial charge on any atom is 0.273 e. The number of ether oxygens (including phenoxy) is 1. The van der Waals surface area contributed by atoms with Crippen molar-refractivity contribution >= 4 is 40.4 Å². The van der Waals surface area contributed by atoms with Gasteiger partial charge in [-0.15, -0.1) is 10.2 Å². The average molecular weight is 388 g/mol. The van der Waals surface area contributed by atoms with Crippen molar-refractivity contribution in [3.63, 3.8) is 0 Å². The summed E-state index contributed by atoms with van der Waals surface area (Å²) < 4.78 is 6.10. The molecular formula is C16H12N4O4S2. The second-order valence-electron chi connectivity index (χ2n) is 4.89. The summed E-state index contributed by atoms with van der Waals surface area (Å²) >= 11 is 2.80. The van der Waals surface area contributed by atoms with E-state index in [1.54, 1.807) is 23.7 Å². The van der Waals surface area contributed by atoms with Gasteiger partial charge in [0.15, 0.2) is 10.9 Å². The van der Waals surface area contributed by atoms with Gasteiger partial charge in [-0.25, -0.2) is 0 Å². The number of nitrogens with zero attached hydrogens (tertiary/aromatic N) is 3. The topological polar surface area (TPSA) is 107 Å². The molecule has 26 heavy (non-hydrogen) atoms. The molecule has 1 N–H and O–H groups in total. The van der Waals surface area contributed by atoms with Gasteiger partial charge in [0.2, 0.25) is 0 Å². The fourth-order valence-electron chi connectivity index (χ4n) is 1.98. The average Bonchev–Trinajstić information content (AvgIpc) is 3.15. The SMILES string of the molecule is O=C(COc1cccc([N+](=O)[O-])c1)Nc1ccccc1Sc1nncs1. The number of hydrogen-bond donors (Lipinski definition) is 1. The fourth-order valence-corrected chi connectivity index (χ4v) is 3.50. The molecule has 132 valence electrons. The Morgan fingerprint density at radius 3 is 2.88 bits per heavy atom. The zero-order chi connectivity index (χ0) is 18.4. The van der Waals surface area contributed by atoms with Gasteiger partial charge in [-0.05, 0) is 18.2 Å². The van der Waals surface area contributed by atoms with Crippen molar-refractivity contribution in [1.82, 2.24) is 10.2 Å². The van der Waals surface area contributed by atoms with Crippen LogP contribution in [0.25, 0.3) is 0 Å². The van der Waals surface area contributed by atoms with E-state index in [0.717, 1.165) is 9.24 Å². The second-order valence-corrected chi connectivity index (χ2v) is 7.02. The van der Waals surface area contributed by atoms with Crippen LogP contribution in [0.1, 0.15) is 0 Å². The van der Waals surface area contributed by atoms with E-state index in [-0.39, 0.29) is 24.0 Å². The van der Waals surface area contributed by atoms with Crippen LogP contribution < -0.4 is 10.1 Å². The van der Waals surface area contributed by atoms with Gasteiger partial charge in [0.05, 0.1) is 16.7 Å². The molecule has 0 bridgehead atoms. The molecule has 0 saturated heterocycles. The zero-order valence-corrected chi connectivity index (χ0v) is 14.8. The van der Waals surface area contributed by atoms with Crippen LogP contribution in [-0.4, -0.2) is 27.6 Å². The van der Waals surface area contributed by atoms with Crippen LogP contribution in [-0.2, 0) is 4.79 Å². The Bertz CT molecular complexity index is 918. The highest BCUT2D eigenvalue weighted by molar-refractivity contribution is 8.01. The number of nitrogens with one attached hydrogen (secondary N) is 1. The van der Waals surface area contributed by atoms with Gasteiger partial charge < -0.3 is 10.1 Å². The third-order valence-corrected chi connectivity index (χ3v) is 4.95. The summed E-state index contributed by atoms with van der Waals surface area (Å²) in [6, 6.07) is 13.0. The van der Waals surface area contributed by atoms with Crippen LogP contribution in [0.5, 0.6) is 5.75 Å². The lowest BCUT2D eigenvalue weighted by Crippen LogP contribution is -2.20. The number of para-hydroxylation sites is 1.